The number of aromatic nitrogens is 3. The average Bonchev–Trinajstić information content (AvgIpc) is 2.77. The van der Waals surface area contributed by atoms with Gasteiger partial charge in [-0.15, -0.1) is 0 Å². The Balaban J connectivity index is 1.64. The predicted molar refractivity (Wildman–Crippen MR) is 120 cm³/mol. The highest BCUT2D eigenvalue weighted by Gasteiger charge is 2.37. The second-order valence-corrected chi connectivity index (χ2v) is 9.10. The molecule has 1 aromatic carbocycles. The topological polar surface area (TPSA) is 77.2 Å². The molecule has 0 radical (unpaired) electrons. The van der Waals surface area contributed by atoms with E-state index in [1.54, 1.807) is 0 Å². The Morgan fingerprint density at radius 3 is 2.45 bits per heavy atom. The van der Waals surface area contributed by atoms with Gasteiger partial charge in [-0.05, 0) is 37.1 Å². The van der Waals surface area contributed by atoms with Crippen LogP contribution in [0.15, 0.2) is 44.5 Å². The predicted octanol–water partition coefficient (Wildman–Crippen LogP) is 4.01. The van der Waals surface area contributed by atoms with Gasteiger partial charge in [-0.2, -0.15) is 13.2 Å². The van der Waals surface area contributed by atoms with E-state index in [-0.39, 0.29) is 36.1 Å². The van der Waals surface area contributed by atoms with Crippen LogP contribution in [0, 0.1) is 0 Å². The molecule has 0 aliphatic carbocycles. The number of hydrogen-bond acceptors (Lipinski definition) is 4. The van der Waals surface area contributed by atoms with Crippen molar-refractivity contribution < 1.29 is 18.0 Å². The smallest absolute Gasteiger partial charge is 0.338 e. The molecule has 0 unspecified atom stereocenters. The Kier molecular flexibility index (Phi) is 6.12. The number of nitrogens with zero attached hydrogens (tertiary/aromatic N) is 4. The van der Waals surface area contributed by atoms with Gasteiger partial charge in [-0.3, -0.25) is 19.0 Å². The molecule has 0 saturated carbocycles. The van der Waals surface area contributed by atoms with Crippen molar-refractivity contribution in [3.05, 3.63) is 71.8 Å². The maximum atomic E-state index is 13.5. The van der Waals surface area contributed by atoms with Gasteiger partial charge in [0.05, 0.1) is 21.7 Å². The van der Waals surface area contributed by atoms with Crippen molar-refractivity contribution >= 4 is 44.6 Å². The number of alkyl halides is 3. The molecule has 0 N–H and O–H groups in total. The molecule has 3 aromatic rings. The number of fused-ring (bicyclic) bond motifs is 1. The molecule has 1 fully saturated rings. The third kappa shape index (κ3) is 4.31. The number of piperidine rings is 1. The lowest BCUT2D eigenvalue weighted by Crippen LogP contribution is -2.46. The molecular weight excluding hydrogens is 529 g/mol. The van der Waals surface area contributed by atoms with E-state index in [0.717, 1.165) is 12.1 Å². The highest BCUT2D eigenvalue weighted by Crippen LogP contribution is 2.35. The summed E-state index contributed by atoms with van der Waals surface area (Å²) < 4.78 is 43.1. The number of rotatable bonds is 2. The van der Waals surface area contributed by atoms with Crippen molar-refractivity contribution in [3.8, 4) is 0 Å². The van der Waals surface area contributed by atoms with E-state index in [2.05, 4.69) is 20.9 Å². The third-order valence-electron chi connectivity index (χ3n) is 5.74. The van der Waals surface area contributed by atoms with Gasteiger partial charge in [0.15, 0.2) is 5.65 Å². The summed E-state index contributed by atoms with van der Waals surface area (Å²) in [6.07, 6.45) is -2.77. The van der Waals surface area contributed by atoms with Crippen molar-refractivity contribution in [2.24, 2.45) is 7.05 Å². The monoisotopic (exact) mass is 544 g/mol. The number of pyridine rings is 1. The maximum Gasteiger partial charge on any atom is 0.417 e. The Hall–Kier alpha value is -2.66. The fourth-order valence-corrected chi connectivity index (χ4v) is 4.59. The van der Waals surface area contributed by atoms with E-state index >= 15 is 0 Å². The number of benzene rings is 1. The minimum absolute atomic E-state index is 0.119. The van der Waals surface area contributed by atoms with Crippen LogP contribution in [0.1, 0.15) is 34.8 Å². The summed E-state index contributed by atoms with van der Waals surface area (Å²) in [6.45, 7) is 0.237. The first-order valence-corrected chi connectivity index (χ1v) is 11.1. The fraction of sp³-hybridized carbons (Fsp3) is 0.333. The van der Waals surface area contributed by atoms with Gasteiger partial charge in [-0.1, -0.05) is 27.5 Å². The lowest BCUT2D eigenvalue weighted by Gasteiger charge is -2.33. The zero-order chi connectivity index (χ0) is 24.1. The van der Waals surface area contributed by atoms with Crippen LogP contribution in [-0.4, -0.2) is 38.0 Å². The van der Waals surface area contributed by atoms with Crippen LogP contribution >= 0.6 is 27.5 Å². The molecule has 1 amide bonds. The van der Waals surface area contributed by atoms with Gasteiger partial charge in [0, 0.05) is 36.8 Å². The lowest BCUT2D eigenvalue weighted by atomic mass is 10.0. The molecule has 1 saturated heterocycles. The first kappa shape index (κ1) is 23.5. The first-order chi connectivity index (χ1) is 15.5. The minimum Gasteiger partial charge on any atom is -0.338 e. The van der Waals surface area contributed by atoms with Crippen molar-refractivity contribution in [3.63, 3.8) is 0 Å². The van der Waals surface area contributed by atoms with Gasteiger partial charge in [0.2, 0.25) is 0 Å². The number of aryl methyl sites for hydroxylation is 1. The van der Waals surface area contributed by atoms with E-state index < -0.39 is 40.4 Å². The minimum atomic E-state index is -4.68. The van der Waals surface area contributed by atoms with Crippen LogP contribution in [0.2, 0.25) is 5.02 Å². The van der Waals surface area contributed by atoms with Gasteiger partial charge < -0.3 is 9.47 Å². The van der Waals surface area contributed by atoms with E-state index in [9.17, 15) is 27.6 Å². The lowest BCUT2D eigenvalue weighted by molar-refractivity contribution is -0.138. The summed E-state index contributed by atoms with van der Waals surface area (Å²) in [6, 6.07) is 4.50. The Bertz CT molecular complexity index is 1380. The molecule has 0 atom stereocenters. The normalized spacial score (nSPS) is 15.3. The van der Waals surface area contributed by atoms with Crippen molar-refractivity contribution in [1.82, 2.24) is 19.0 Å². The zero-order valence-corrected chi connectivity index (χ0v) is 19.5. The Morgan fingerprint density at radius 2 is 1.82 bits per heavy atom. The molecule has 174 valence electrons. The molecule has 0 spiro atoms. The summed E-state index contributed by atoms with van der Waals surface area (Å²) in [5.41, 5.74) is -2.28. The number of likely N-dealkylation sites (tertiary alicyclic amines) is 1. The Labute approximate surface area is 198 Å². The number of amides is 1. The largest absolute Gasteiger partial charge is 0.417 e. The van der Waals surface area contributed by atoms with Crippen LogP contribution in [-0.2, 0) is 13.2 Å². The summed E-state index contributed by atoms with van der Waals surface area (Å²) >= 11 is 9.01. The summed E-state index contributed by atoms with van der Waals surface area (Å²) in [5.74, 6) is -0.737. The number of carbonyl (C=O) groups excluding carboxylic acids is 1. The highest BCUT2D eigenvalue weighted by atomic mass is 79.9. The quantitative estimate of drug-likeness (QED) is 0.456. The third-order valence-corrected chi connectivity index (χ3v) is 6.44. The van der Waals surface area contributed by atoms with Gasteiger partial charge in [0.25, 0.3) is 5.91 Å². The SMILES string of the molecule is Cn1c(=O)c(=O)n(C2CCN(C(=O)c3ccc(Br)cc3C(F)(F)F)CC2)c2ncc(Cl)cc21. The molecule has 33 heavy (non-hydrogen) atoms. The van der Waals surface area contributed by atoms with E-state index in [0.29, 0.717) is 10.5 Å². The molecular formula is C21H17BrClF3N4O3. The van der Waals surface area contributed by atoms with Crippen molar-refractivity contribution in [1.29, 1.82) is 0 Å². The van der Waals surface area contributed by atoms with E-state index in [1.165, 1.54) is 39.4 Å². The molecule has 0 bridgehead atoms. The van der Waals surface area contributed by atoms with Crippen LogP contribution in [0.5, 0.6) is 0 Å². The second kappa shape index (κ2) is 8.60. The van der Waals surface area contributed by atoms with Gasteiger partial charge in [0.1, 0.15) is 0 Å². The van der Waals surface area contributed by atoms with Gasteiger partial charge in [-0.25, -0.2) is 4.98 Å². The van der Waals surface area contributed by atoms with Crippen LogP contribution in [0.3, 0.4) is 0 Å². The van der Waals surface area contributed by atoms with Crippen LogP contribution < -0.4 is 11.1 Å². The first-order valence-electron chi connectivity index (χ1n) is 9.92. The zero-order valence-electron chi connectivity index (χ0n) is 17.2. The van der Waals surface area contributed by atoms with E-state index in [4.69, 9.17) is 11.6 Å². The number of hydrogen-bond donors (Lipinski definition) is 0. The molecule has 4 rings (SSSR count). The van der Waals surface area contributed by atoms with E-state index in [1.807, 2.05) is 0 Å². The number of carbonyl (C=O) groups is 1. The molecule has 7 nitrogen and oxygen atoms in total. The second-order valence-electron chi connectivity index (χ2n) is 7.75. The standard InChI is InChI=1S/C21H17BrClF3N4O3/c1-28-16-9-12(23)10-27-17(16)30(20(33)19(28)32)13-4-6-29(7-5-13)18(31)14-3-2-11(22)8-15(14)21(24,25)26/h2-3,8-10,13H,4-7H2,1H3. The Morgan fingerprint density at radius 1 is 1.15 bits per heavy atom. The van der Waals surface area contributed by atoms with Crippen molar-refractivity contribution in [2.45, 2.75) is 25.1 Å². The summed E-state index contributed by atoms with van der Waals surface area (Å²) in [7, 11) is 1.45. The average molecular weight is 546 g/mol. The van der Waals surface area contributed by atoms with Crippen LogP contribution in [0.25, 0.3) is 11.2 Å². The molecule has 12 heteroatoms. The number of halogens is 5. The van der Waals surface area contributed by atoms with Crippen molar-refractivity contribution in [2.75, 3.05) is 13.1 Å². The maximum absolute atomic E-state index is 13.5. The molecule has 1 aliphatic rings. The summed E-state index contributed by atoms with van der Waals surface area (Å²) in [5, 5.41) is 0.304. The van der Waals surface area contributed by atoms with Gasteiger partial charge >= 0.3 is 17.3 Å². The fourth-order valence-electron chi connectivity index (χ4n) is 4.08. The summed E-state index contributed by atoms with van der Waals surface area (Å²) in [4.78, 5) is 43.7. The molecule has 1 aliphatic heterocycles. The van der Waals surface area contributed by atoms with Crippen LogP contribution in [0.4, 0.5) is 13.2 Å². The molecule has 2 aromatic heterocycles. The molecule has 3 heterocycles. The highest BCUT2D eigenvalue weighted by molar-refractivity contribution is 9.10.